The van der Waals surface area contributed by atoms with Crippen LogP contribution < -0.4 is 5.32 Å². The summed E-state index contributed by atoms with van der Waals surface area (Å²) in [6, 6.07) is 14.8. The molecule has 4 heteroatoms. The summed E-state index contributed by atoms with van der Waals surface area (Å²) in [5.41, 5.74) is 1.55. The maximum Gasteiger partial charge on any atom is 0.290 e. The molecule has 2 aromatic carbocycles. The van der Waals surface area contributed by atoms with Crippen LogP contribution in [0.15, 0.2) is 48.5 Å². The van der Waals surface area contributed by atoms with Gasteiger partial charge in [-0.15, -0.1) is 0 Å². The molecule has 0 saturated carbocycles. The summed E-state index contributed by atoms with van der Waals surface area (Å²) in [6.45, 7) is 1.23. The molecule has 0 heterocycles. The monoisotopic (exact) mass is 272 g/mol. The van der Waals surface area contributed by atoms with Crippen molar-refractivity contribution in [2.75, 3.05) is 11.9 Å². The smallest absolute Gasteiger partial charge is 0.290 e. The summed E-state index contributed by atoms with van der Waals surface area (Å²) in [5, 5.41) is 11.7. The van der Waals surface area contributed by atoms with Gasteiger partial charge in [0.15, 0.2) is 0 Å². The minimum absolute atomic E-state index is 0.0429. The predicted octanol–water partition coefficient (Wildman–Crippen LogP) is 4.07. The second kappa shape index (κ2) is 5.70. The van der Waals surface area contributed by atoms with Crippen molar-refractivity contribution >= 4 is 5.69 Å². The van der Waals surface area contributed by atoms with E-state index in [9.17, 15) is 8.78 Å². The average Bonchev–Trinajstić information content (AvgIpc) is 2.46. The van der Waals surface area contributed by atoms with Gasteiger partial charge >= 0.3 is 0 Å². The number of alkyl halides is 2. The van der Waals surface area contributed by atoms with Crippen LogP contribution in [0.1, 0.15) is 16.7 Å². The lowest BCUT2D eigenvalue weighted by Crippen LogP contribution is -2.25. The number of hydrogen-bond donors (Lipinski definition) is 1. The van der Waals surface area contributed by atoms with Crippen LogP contribution in [0.2, 0.25) is 0 Å². The largest absolute Gasteiger partial charge is 0.378 e. The molecule has 0 unspecified atom stereocenters. The van der Waals surface area contributed by atoms with Gasteiger partial charge in [0.25, 0.3) is 5.92 Å². The lowest BCUT2D eigenvalue weighted by molar-refractivity contribution is 0.0106. The highest BCUT2D eigenvalue weighted by Gasteiger charge is 2.31. The minimum Gasteiger partial charge on any atom is -0.378 e. The Morgan fingerprint density at radius 1 is 1.10 bits per heavy atom. The van der Waals surface area contributed by atoms with E-state index >= 15 is 0 Å². The molecule has 0 aliphatic heterocycles. The molecule has 0 saturated heterocycles. The van der Waals surface area contributed by atoms with Crippen LogP contribution in [0.3, 0.4) is 0 Å². The first-order valence-corrected chi connectivity index (χ1v) is 6.21. The first-order valence-electron chi connectivity index (χ1n) is 6.21. The number of halogens is 2. The normalized spacial score (nSPS) is 10.9. The summed E-state index contributed by atoms with van der Waals surface area (Å²) in [5.74, 6) is -2.99. The molecule has 0 spiro atoms. The number of nitriles is 1. The molecule has 0 aliphatic rings. The molecule has 0 aromatic heterocycles. The molecule has 2 aromatic rings. The number of benzene rings is 2. The third-order valence-corrected chi connectivity index (χ3v) is 3.08. The highest BCUT2D eigenvalue weighted by molar-refractivity contribution is 5.60. The molecule has 0 radical (unpaired) electrons. The Hall–Kier alpha value is -2.41. The zero-order valence-corrected chi connectivity index (χ0v) is 11.0. The van der Waals surface area contributed by atoms with Gasteiger partial charge in [-0.3, -0.25) is 0 Å². The van der Waals surface area contributed by atoms with Crippen LogP contribution in [0.4, 0.5) is 14.5 Å². The van der Waals surface area contributed by atoms with Crippen LogP contribution >= 0.6 is 0 Å². The van der Waals surface area contributed by atoms with Gasteiger partial charge in [0.2, 0.25) is 0 Å². The van der Waals surface area contributed by atoms with Crippen molar-refractivity contribution in [3.63, 3.8) is 0 Å². The Bertz CT molecular complexity index is 631. The van der Waals surface area contributed by atoms with Crippen LogP contribution in [-0.2, 0) is 5.92 Å². The van der Waals surface area contributed by atoms with E-state index in [4.69, 9.17) is 5.26 Å². The molecule has 0 amide bonds. The molecule has 20 heavy (non-hydrogen) atoms. The Morgan fingerprint density at radius 3 is 2.45 bits per heavy atom. The Kier molecular flexibility index (Phi) is 3.99. The number of anilines is 1. The van der Waals surface area contributed by atoms with Crippen molar-refractivity contribution in [2.45, 2.75) is 12.8 Å². The van der Waals surface area contributed by atoms with Crippen molar-refractivity contribution < 1.29 is 8.78 Å². The van der Waals surface area contributed by atoms with Gasteiger partial charge in [-0.05, 0) is 18.6 Å². The topological polar surface area (TPSA) is 35.8 Å². The summed E-state index contributed by atoms with van der Waals surface area (Å²) in [4.78, 5) is 0. The average molecular weight is 272 g/mol. The van der Waals surface area contributed by atoms with Crippen molar-refractivity contribution in [3.8, 4) is 6.07 Å². The first-order chi connectivity index (χ1) is 9.54. The SMILES string of the molecule is Cc1cccc(NCC(F)(F)c2ccccc2)c1C#N. The molecular formula is C16H14F2N2. The van der Waals surface area contributed by atoms with Gasteiger partial charge in [0.1, 0.15) is 6.07 Å². The summed E-state index contributed by atoms with van der Waals surface area (Å²) >= 11 is 0. The fourth-order valence-corrected chi connectivity index (χ4v) is 1.95. The Balaban J connectivity index is 2.17. The molecule has 0 bridgehead atoms. The molecule has 0 atom stereocenters. The summed E-state index contributed by atoms with van der Waals surface area (Å²) in [7, 11) is 0. The third kappa shape index (κ3) is 2.94. The van der Waals surface area contributed by atoms with Crippen molar-refractivity contribution in [1.29, 1.82) is 5.26 Å². The number of rotatable bonds is 4. The van der Waals surface area contributed by atoms with Gasteiger partial charge in [0.05, 0.1) is 17.8 Å². The lowest BCUT2D eigenvalue weighted by Gasteiger charge is -2.19. The molecule has 0 fully saturated rings. The fourth-order valence-electron chi connectivity index (χ4n) is 1.95. The number of aryl methyl sites for hydroxylation is 1. The Morgan fingerprint density at radius 2 is 1.80 bits per heavy atom. The quantitative estimate of drug-likeness (QED) is 0.910. The number of hydrogen-bond acceptors (Lipinski definition) is 2. The van der Waals surface area contributed by atoms with Crippen molar-refractivity contribution in [1.82, 2.24) is 0 Å². The van der Waals surface area contributed by atoms with Crippen molar-refractivity contribution in [2.24, 2.45) is 0 Å². The van der Waals surface area contributed by atoms with Gasteiger partial charge in [-0.25, -0.2) is 0 Å². The van der Waals surface area contributed by atoms with Gasteiger partial charge in [-0.2, -0.15) is 14.0 Å². The van der Waals surface area contributed by atoms with E-state index in [1.54, 1.807) is 43.3 Å². The lowest BCUT2D eigenvalue weighted by atomic mass is 10.1. The first kappa shape index (κ1) is 14.0. The van der Waals surface area contributed by atoms with Gasteiger partial charge in [-0.1, -0.05) is 42.5 Å². The molecule has 1 N–H and O–H groups in total. The number of nitrogens with zero attached hydrogens (tertiary/aromatic N) is 1. The zero-order valence-electron chi connectivity index (χ0n) is 11.0. The second-order valence-electron chi connectivity index (χ2n) is 4.53. The molecule has 2 rings (SSSR count). The van der Waals surface area contributed by atoms with Crippen molar-refractivity contribution in [3.05, 3.63) is 65.2 Å². The standard InChI is InChI=1S/C16H14F2N2/c1-12-6-5-9-15(14(12)10-19)20-11-16(17,18)13-7-3-2-4-8-13/h2-9,20H,11H2,1H3. The van der Waals surface area contributed by atoms with E-state index in [0.29, 0.717) is 11.3 Å². The van der Waals surface area contributed by atoms with Gasteiger partial charge in [0, 0.05) is 5.56 Å². The molecule has 2 nitrogen and oxygen atoms in total. The zero-order chi connectivity index (χ0) is 14.6. The minimum atomic E-state index is -2.99. The second-order valence-corrected chi connectivity index (χ2v) is 4.53. The van der Waals surface area contributed by atoms with E-state index in [-0.39, 0.29) is 5.56 Å². The maximum absolute atomic E-state index is 14.0. The highest BCUT2D eigenvalue weighted by atomic mass is 19.3. The molecule has 0 aliphatic carbocycles. The van der Waals surface area contributed by atoms with E-state index < -0.39 is 12.5 Å². The maximum atomic E-state index is 14.0. The van der Waals surface area contributed by atoms with E-state index in [2.05, 4.69) is 5.32 Å². The van der Waals surface area contributed by atoms with E-state index in [0.717, 1.165) is 5.56 Å². The van der Waals surface area contributed by atoms with Crippen LogP contribution in [0, 0.1) is 18.3 Å². The van der Waals surface area contributed by atoms with Crippen LogP contribution in [0.5, 0.6) is 0 Å². The Labute approximate surface area is 116 Å². The summed E-state index contributed by atoms with van der Waals surface area (Å²) in [6.07, 6.45) is 0. The van der Waals surface area contributed by atoms with Gasteiger partial charge < -0.3 is 5.32 Å². The summed E-state index contributed by atoms with van der Waals surface area (Å²) < 4.78 is 28.1. The predicted molar refractivity (Wildman–Crippen MR) is 74.7 cm³/mol. The van der Waals surface area contributed by atoms with Crippen LogP contribution in [-0.4, -0.2) is 6.54 Å². The van der Waals surface area contributed by atoms with E-state index in [1.165, 1.54) is 12.1 Å². The molecular weight excluding hydrogens is 258 g/mol. The van der Waals surface area contributed by atoms with E-state index in [1.807, 2.05) is 6.07 Å². The third-order valence-electron chi connectivity index (χ3n) is 3.08. The fraction of sp³-hybridized carbons (Fsp3) is 0.188. The number of nitrogens with one attached hydrogen (secondary N) is 1. The van der Waals surface area contributed by atoms with Crippen LogP contribution in [0.25, 0.3) is 0 Å². The highest BCUT2D eigenvalue weighted by Crippen LogP contribution is 2.29. The molecule has 102 valence electrons.